The van der Waals surface area contributed by atoms with E-state index >= 15 is 0 Å². The van der Waals surface area contributed by atoms with Crippen LogP contribution in [0.2, 0.25) is 0 Å². The van der Waals surface area contributed by atoms with Gasteiger partial charge >= 0.3 is 6.09 Å². The molecule has 1 saturated heterocycles. The van der Waals surface area contributed by atoms with Crippen LogP contribution in [-0.2, 0) is 11.3 Å². The van der Waals surface area contributed by atoms with E-state index in [1.807, 2.05) is 36.7 Å². The maximum Gasteiger partial charge on any atom is 0.409 e. The number of carbonyl (C=O) groups excluding carboxylic acids is 1. The van der Waals surface area contributed by atoms with Gasteiger partial charge in [0.25, 0.3) is 0 Å². The molecule has 8 nitrogen and oxygen atoms in total. The number of hydrogen-bond acceptors (Lipinski definition) is 4. The standard InChI is InChI=1S/C22H32N6O2/c1-5-23-21(26-12-14-27(15-13-26)22(29)30-6-2)24-16-20-17(3)25-28(18(20)4)19-10-8-7-9-11-19/h7-11H,5-6,12-16H2,1-4H3,(H,23,24). The number of aryl methyl sites for hydroxylation is 1. The molecule has 8 heteroatoms. The van der Waals surface area contributed by atoms with E-state index in [4.69, 9.17) is 14.8 Å². The van der Waals surface area contributed by atoms with Crippen molar-refractivity contribution in [2.75, 3.05) is 39.3 Å². The quantitative estimate of drug-likeness (QED) is 0.604. The van der Waals surface area contributed by atoms with Gasteiger partial charge in [-0.2, -0.15) is 5.10 Å². The molecule has 0 aliphatic carbocycles. The Morgan fingerprint density at radius 3 is 2.40 bits per heavy atom. The number of nitrogens with one attached hydrogen (secondary N) is 1. The summed E-state index contributed by atoms with van der Waals surface area (Å²) in [5.41, 5.74) is 4.28. The van der Waals surface area contributed by atoms with Crippen molar-refractivity contribution < 1.29 is 9.53 Å². The molecular weight excluding hydrogens is 380 g/mol. The molecule has 1 N–H and O–H groups in total. The molecule has 2 aromatic rings. The minimum Gasteiger partial charge on any atom is -0.450 e. The Balaban J connectivity index is 1.72. The van der Waals surface area contributed by atoms with Gasteiger partial charge in [-0.3, -0.25) is 0 Å². The lowest BCUT2D eigenvalue weighted by Crippen LogP contribution is -2.53. The van der Waals surface area contributed by atoms with Crippen molar-refractivity contribution in [1.29, 1.82) is 0 Å². The first kappa shape index (κ1) is 21.7. The fourth-order valence-electron chi connectivity index (χ4n) is 3.62. The molecule has 1 amide bonds. The zero-order valence-electron chi connectivity index (χ0n) is 18.4. The maximum absolute atomic E-state index is 11.9. The molecule has 0 spiro atoms. The number of benzene rings is 1. The number of carbonyl (C=O) groups is 1. The predicted molar refractivity (Wildman–Crippen MR) is 118 cm³/mol. The van der Waals surface area contributed by atoms with Crippen LogP contribution in [0, 0.1) is 13.8 Å². The minimum atomic E-state index is -0.237. The molecule has 0 atom stereocenters. The van der Waals surface area contributed by atoms with Crippen molar-refractivity contribution in [2.45, 2.75) is 34.2 Å². The lowest BCUT2D eigenvalue weighted by atomic mass is 10.2. The summed E-state index contributed by atoms with van der Waals surface area (Å²) in [4.78, 5) is 20.8. The molecule has 1 aliphatic rings. The number of nitrogens with zero attached hydrogens (tertiary/aromatic N) is 5. The van der Waals surface area contributed by atoms with Crippen LogP contribution >= 0.6 is 0 Å². The number of amides is 1. The highest BCUT2D eigenvalue weighted by Gasteiger charge is 2.24. The van der Waals surface area contributed by atoms with Crippen molar-refractivity contribution in [2.24, 2.45) is 4.99 Å². The largest absolute Gasteiger partial charge is 0.450 e. The van der Waals surface area contributed by atoms with E-state index in [-0.39, 0.29) is 6.09 Å². The highest BCUT2D eigenvalue weighted by Crippen LogP contribution is 2.19. The molecule has 2 heterocycles. The lowest BCUT2D eigenvalue weighted by molar-refractivity contribution is 0.0914. The van der Waals surface area contributed by atoms with Crippen molar-refractivity contribution in [1.82, 2.24) is 24.9 Å². The Hall–Kier alpha value is -3.03. The van der Waals surface area contributed by atoms with Gasteiger partial charge in [0.2, 0.25) is 0 Å². The van der Waals surface area contributed by atoms with E-state index in [0.717, 1.165) is 48.2 Å². The number of aromatic nitrogens is 2. The Kier molecular flexibility index (Phi) is 7.32. The van der Waals surface area contributed by atoms with Crippen LogP contribution in [-0.4, -0.2) is 71.0 Å². The van der Waals surface area contributed by atoms with Crippen LogP contribution in [0.15, 0.2) is 35.3 Å². The highest BCUT2D eigenvalue weighted by molar-refractivity contribution is 5.80. The Labute approximate surface area is 178 Å². The van der Waals surface area contributed by atoms with E-state index in [1.54, 1.807) is 4.90 Å². The SMILES string of the molecule is CCNC(=NCc1c(C)nn(-c2ccccc2)c1C)N1CCN(C(=O)OCC)CC1. The first-order chi connectivity index (χ1) is 14.5. The second kappa shape index (κ2) is 10.1. The number of ether oxygens (including phenoxy) is 1. The number of guanidine groups is 1. The second-order valence-corrected chi connectivity index (χ2v) is 7.24. The number of para-hydroxylation sites is 1. The van der Waals surface area contributed by atoms with Gasteiger partial charge in [-0.25, -0.2) is 14.5 Å². The first-order valence-electron chi connectivity index (χ1n) is 10.6. The zero-order chi connectivity index (χ0) is 21.5. The highest BCUT2D eigenvalue weighted by atomic mass is 16.6. The van der Waals surface area contributed by atoms with Gasteiger partial charge < -0.3 is 19.9 Å². The van der Waals surface area contributed by atoms with Gasteiger partial charge in [0.1, 0.15) is 0 Å². The van der Waals surface area contributed by atoms with Crippen molar-refractivity contribution in [3.05, 3.63) is 47.3 Å². The van der Waals surface area contributed by atoms with Crippen LogP contribution in [0.1, 0.15) is 30.8 Å². The third-order valence-electron chi connectivity index (χ3n) is 5.27. The third kappa shape index (κ3) is 4.93. The molecule has 0 unspecified atom stereocenters. The van der Waals surface area contributed by atoms with Gasteiger partial charge in [-0.05, 0) is 39.8 Å². The number of rotatable bonds is 5. The van der Waals surface area contributed by atoms with Crippen molar-refractivity contribution in [3.8, 4) is 5.69 Å². The lowest BCUT2D eigenvalue weighted by Gasteiger charge is -2.35. The van der Waals surface area contributed by atoms with Gasteiger partial charge in [-0.1, -0.05) is 18.2 Å². The summed E-state index contributed by atoms with van der Waals surface area (Å²) < 4.78 is 7.09. The molecule has 1 aromatic heterocycles. The Morgan fingerprint density at radius 1 is 1.10 bits per heavy atom. The van der Waals surface area contributed by atoms with Crippen LogP contribution < -0.4 is 5.32 Å². The maximum atomic E-state index is 11.9. The summed E-state index contributed by atoms with van der Waals surface area (Å²) in [6.45, 7) is 12.5. The molecule has 1 fully saturated rings. The van der Waals surface area contributed by atoms with Crippen LogP contribution in [0.4, 0.5) is 4.79 Å². The number of piperazine rings is 1. The molecular formula is C22H32N6O2. The number of aliphatic imine (C=N–C) groups is 1. The van der Waals surface area contributed by atoms with E-state index in [9.17, 15) is 4.79 Å². The topological polar surface area (TPSA) is 75.0 Å². The predicted octanol–water partition coefficient (Wildman–Crippen LogP) is 2.73. The fraction of sp³-hybridized carbons (Fsp3) is 0.500. The summed E-state index contributed by atoms with van der Waals surface area (Å²) >= 11 is 0. The minimum absolute atomic E-state index is 0.237. The van der Waals surface area contributed by atoms with E-state index in [2.05, 4.69) is 36.2 Å². The van der Waals surface area contributed by atoms with Crippen molar-refractivity contribution >= 4 is 12.1 Å². The summed E-state index contributed by atoms with van der Waals surface area (Å²) in [5, 5.41) is 8.10. The molecule has 0 radical (unpaired) electrons. The molecule has 1 aromatic carbocycles. The summed E-state index contributed by atoms with van der Waals surface area (Å²) in [7, 11) is 0. The smallest absolute Gasteiger partial charge is 0.409 e. The monoisotopic (exact) mass is 412 g/mol. The molecule has 3 rings (SSSR count). The number of hydrogen-bond donors (Lipinski definition) is 1. The molecule has 30 heavy (non-hydrogen) atoms. The normalized spacial score (nSPS) is 14.7. The van der Waals surface area contributed by atoms with Crippen LogP contribution in [0.25, 0.3) is 5.69 Å². The van der Waals surface area contributed by atoms with Gasteiger partial charge in [0.05, 0.1) is 24.5 Å². The summed E-state index contributed by atoms with van der Waals surface area (Å²) in [6, 6.07) is 10.1. The van der Waals surface area contributed by atoms with Crippen LogP contribution in [0.5, 0.6) is 0 Å². The average molecular weight is 413 g/mol. The van der Waals surface area contributed by atoms with Gasteiger partial charge in [0, 0.05) is 44.0 Å². The van der Waals surface area contributed by atoms with Gasteiger partial charge in [0.15, 0.2) is 5.96 Å². The average Bonchev–Trinajstić information content (AvgIpc) is 3.05. The zero-order valence-corrected chi connectivity index (χ0v) is 18.4. The summed E-state index contributed by atoms with van der Waals surface area (Å²) in [6.07, 6.45) is -0.237. The molecule has 0 saturated carbocycles. The molecule has 1 aliphatic heterocycles. The Morgan fingerprint density at radius 2 is 1.77 bits per heavy atom. The second-order valence-electron chi connectivity index (χ2n) is 7.24. The molecule has 0 bridgehead atoms. The third-order valence-corrected chi connectivity index (χ3v) is 5.27. The van der Waals surface area contributed by atoms with E-state index in [1.165, 1.54) is 0 Å². The van der Waals surface area contributed by atoms with Crippen LogP contribution in [0.3, 0.4) is 0 Å². The fourth-order valence-corrected chi connectivity index (χ4v) is 3.62. The molecule has 162 valence electrons. The van der Waals surface area contributed by atoms with Crippen molar-refractivity contribution in [3.63, 3.8) is 0 Å². The van der Waals surface area contributed by atoms with E-state index < -0.39 is 0 Å². The Bertz CT molecular complexity index is 869. The first-order valence-corrected chi connectivity index (χ1v) is 10.6. The van der Waals surface area contributed by atoms with Gasteiger partial charge in [-0.15, -0.1) is 0 Å². The van der Waals surface area contributed by atoms with E-state index in [0.29, 0.717) is 26.2 Å². The summed E-state index contributed by atoms with van der Waals surface area (Å²) in [5.74, 6) is 0.868.